The van der Waals surface area contributed by atoms with Crippen molar-refractivity contribution >= 4 is 34.1 Å². The monoisotopic (exact) mass is 411 g/mol. The largest absolute Gasteiger partial charge is 0.343 e. The third kappa shape index (κ3) is 4.61. The number of aromatic amines is 1. The molecule has 0 spiro atoms. The minimum Gasteiger partial charge on any atom is -0.301 e. The zero-order valence-electron chi connectivity index (χ0n) is 14.2. The first-order valence-corrected chi connectivity index (χ1v) is 9.83. The van der Waals surface area contributed by atoms with E-state index in [9.17, 15) is 18.4 Å². The fraction of sp³-hybridized carbons (Fsp3) is 0.250. The van der Waals surface area contributed by atoms with E-state index in [-0.39, 0.29) is 33.7 Å². The van der Waals surface area contributed by atoms with E-state index in [1.165, 1.54) is 9.95 Å². The second-order valence-electron chi connectivity index (χ2n) is 5.46. The third-order valence-electron chi connectivity index (χ3n) is 3.46. The van der Waals surface area contributed by atoms with Crippen LogP contribution in [0, 0.1) is 11.6 Å². The molecule has 0 saturated carbocycles. The van der Waals surface area contributed by atoms with Crippen LogP contribution >= 0.6 is 23.1 Å². The Morgan fingerprint density at radius 2 is 2.22 bits per heavy atom. The number of carbonyl (C=O) groups is 1. The summed E-state index contributed by atoms with van der Waals surface area (Å²) >= 11 is 2.22. The van der Waals surface area contributed by atoms with Crippen LogP contribution in [0.15, 0.2) is 33.5 Å². The molecule has 0 aliphatic rings. The van der Waals surface area contributed by atoms with Gasteiger partial charge in [0, 0.05) is 17.5 Å². The van der Waals surface area contributed by atoms with Crippen molar-refractivity contribution in [2.45, 2.75) is 25.0 Å². The first-order valence-electron chi connectivity index (χ1n) is 7.96. The second-order valence-corrected chi connectivity index (χ2v) is 7.26. The molecule has 7 nitrogen and oxygen atoms in total. The summed E-state index contributed by atoms with van der Waals surface area (Å²) in [5.74, 6) is -1.49. The van der Waals surface area contributed by atoms with Gasteiger partial charge in [0.1, 0.15) is 11.6 Å². The Morgan fingerprint density at radius 1 is 1.41 bits per heavy atom. The summed E-state index contributed by atoms with van der Waals surface area (Å²) in [6.07, 6.45) is 0.762. The molecule has 1 aromatic carbocycles. The minimum atomic E-state index is -0.595. The standard InChI is InChI=1S/C16H15F2N5O2S2/c1-2-5-23-15(25)21-22-16(23)27-8-13(24)20-14-19-12(7-26-14)10-6-9(17)3-4-11(10)18/h3-4,6-7H,2,5,8H2,1H3,(H,21,25)(H,19,20,24). The van der Waals surface area contributed by atoms with E-state index in [1.807, 2.05) is 6.92 Å². The fourth-order valence-corrected chi connectivity index (χ4v) is 3.77. The van der Waals surface area contributed by atoms with Gasteiger partial charge in [0.05, 0.1) is 11.4 Å². The lowest BCUT2D eigenvalue weighted by atomic mass is 10.1. The van der Waals surface area contributed by atoms with Gasteiger partial charge in [-0.25, -0.2) is 23.7 Å². The van der Waals surface area contributed by atoms with Crippen molar-refractivity contribution in [3.05, 3.63) is 45.7 Å². The van der Waals surface area contributed by atoms with Crippen molar-refractivity contribution in [2.75, 3.05) is 11.1 Å². The predicted octanol–water partition coefficient (Wildman–Crippen LogP) is 3.11. The number of nitrogens with one attached hydrogen (secondary N) is 2. The molecule has 0 unspecified atom stereocenters. The molecule has 11 heteroatoms. The van der Waals surface area contributed by atoms with Gasteiger partial charge in [-0.2, -0.15) is 0 Å². The number of H-pyrrole nitrogens is 1. The van der Waals surface area contributed by atoms with Gasteiger partial charge in [-0.3, -0.25) is 9.36 Å². The topological polar surface area (TPSA) is 92.7 Å². The predicted molar refractivity (Wildman–Crippen MR) is 100.0 cm³/mol. The van der Waals surface area contributed by atoms with Gasteiger partial charge < -0.3 is 5.32 Å². The maximum atomic E-state index is 13.8. The average Bonchev–Trinajstić information content (AvgIpc) is 3.23. The zero-order valence-corrected chi connectivity index (χ0v) is 15.8. The molecule has 27 heavy (non-hydrogen) atoms. The summed E-state index contributed by atoms with van der Waals surface area (Å²) in [7, 11) is 0. The first-order chi connectivity index (χ1) is 13.0. The molecule has 2 aromatic heterocycles. The first kappa shape index (κ1) is 19.2. The summed E-state index contributed by atoms with van der Waals surface area (Å²) in [5.41, 5.74) is -0.0493. The number of hydrogen-bond acceptors (Lipinski definition) is 6. The van der Waals surface area contributed by atoms with Gasteiger partial charge in [-0.1, -0.05) is 18.7 Å². The maximum Gasteiger partial charge on any atom is 0.343 e. The van der Waals surface area contributed by atoms with Gasteiger partial charge in [-0.15, -0.1) is 16.4 Å². The Kier molecular flexibility index (Phi) is 6.01. The molecule has 0 saturated heterocycles. The van der Waals surface area contributed by atoms with Crippen LogP contribution in [-0.2, 0) is 11.3 Å². The number of benzene rings is 1. The van der Waals surface area contributed by atoms with Crippen molar-refractivity contribution in [1.29, 1.82) is 0 Å². The van der Waals surface area contributed by atoms with Gasteiger partial charge in [0.25, 0.3) is 0 Å². The van der Waals surface area contributed by atoms with Crippen molar-refractivity contribution in [3.63, 3.8) is 0 Å². The number of hydrogen-bond donors (Lipinski definition) is 2. The molecular weight excluding hydrogens is 396 g/mol. The highest BCUT2D eigenvalue weighted by Crippen LogP contribution is 2.27. The van der Waals surface area contributed by atoms with Crippen LogP contribution in [0.1, 0.15) is 13.3 Å². The van der Waals surface area contributed by atoms with Crippen LogP contribution in [0.4, 0.5) is 13.9 Å². The van der Waals surface area contributed by atoms with Gasteiger partial charge in [0.2, 0.25) is 5.91 Å². The molecule has 2 heterocycles. The zero-order chi connectivity index (χ0) is 19.4. The van der Waals surface area contributed by atoms with Crippen LogP contribution in [0.2, 0.25) is 0 Å². The molecule has 0 radical (unpaired) electrons. The van der Waals surface area contributed by atoms with Crippen LogP contribution < -0.4 is 11.0 Å². The molecule has 0 aliphatic heterocycles. The summed E-state index contributed by atoms with van der Waals surface area (Å²) in [5, 5.41) is 11.1. The lowest BCUT2D eigenvalue weighted by Crippen LogP contribution is -2.18. The second kappa shape index (κ2) is 8.44. The van der Waals surface area contributed by atoms with Crippen LogP contribution in [0.3, 0.4) is 0 Å². The van der Waals surface area contributed by atoms with E-state index in [4.69, 9.17) is 0 Å². The van der Waals surface area contributed by atoms with E-state index < -0.39 is 11.6 Å². The van der Waals surface area contributed by atoms with E-state index in [1.54, 1.807) is 0 Å². The number of halogens is 2. The van der Waals surface area contributed by atoms with Gasteiger partial charge in [0.15, 0.2) is 10.3 Å². The molecule has 0 bridgehead atoms. The number of carbonyl (C=O) groups excluding carboxylic acids is 1. The number of thioether (sulfide) groups is 1. The highest BCUT2D eigenvalue weighted by molar-refractivity contribution is 7.99. The summed E-state index contributed by atoms with van der Waals surface area (Å²) in [4.78, 5) is 27.8. The quantitative estimate of drug-likeness (QED) is 0.583. The Hall–Kier alpha value is -2.53. The minimum absolute atomic E-state index is 0.0250. The normalized spacial score (nSPS) is 10.9. The molecular formula is C16H15F2N5O2S2. The number of amides is 1. The maximum absolute atomic E-state index is 13.8. The number of anilines is 1. The summed E-state index contributed by atoms with van der Waals surface area (Å²) < 4.78 is 28.6. The SMILES string of the molecule is CCCn1c(SCC(=O)Nc2nc(-c3cc(F)ccc3F)cs2)n[nH]c1=O. The van der Waals surface area contributed by atoms with Crippen molar-refractivity contribution in [3.8, 4) is 11.3 Å². The van der Waals surface area contributed by atoms with Gasteiger partial charge in [-0.05, 0) is 24.6 Å². The highest BCUT2D eigenvalue weighted by Gasteiger charge is 2.14. The molecule has 0 aliphatic carbocycles. The van der Waals surface area contributed by atoms with E-state index in [0.717, 1.165) is 47.7 Å². The number of rotatable bonds is 7. The number of aromatic nitrogens is 4. The summed E-state index contributed by atoms with van der Waals surface area (Å²) in [6, 6.07) is 3.10. The van der Waals surface area contributed by atoms with Crippen molar-refractivity contribution in [1.82, 2.24) is 19.7 Å². The van der Waals surface area contributed by atoms with Gasteiger partial charge >= 0.3 is 5.69 Å². The molecule has 3 rings (SSSR count). The van der Waals surface area contributed by atoms with Crippen LogP contribution in [0.5, 0.6) is 0 Å². The Labute approximate surface area is 160 Å². The molecule has 142 valence electrons. The fourth-order valence-electron chi connectivity index (χ4n) is 2.27. The number of nitrogens with zero attached hydrogens (tertiary/aromatic N) is 3. The lowest BCUT2D eigenvalue weighted by Gasteiger charge is -2.03. The van der Waals surface area contributed by atoms with Crippen molar-refractivity contribution < 1.29 is 13.6 Å². The third-order valence-corrected chi connectivity index (χ3v) is 5.19. The molecule has 2 N–H and O–H groups in total. The molecule has 0 fully saturated rings. The molecule has 0 atom stereocenters. The van der Waals surface area contributed by atoms with E-state index in [0.29, 0.717) is 11.7 Å². The molecule has 1 amide bonds. The van der Waals surface area contributed by atoms with E-state index >= 15 is 0 Å². The Morgan fingerprint density at radius 3 is 3.00 bits per heavy atom. The number of thiazole rings is 1. The van der Waals surface area contributed by atoms with Crippen LogP contribution in [0.25, 0.3) is 11.3 Å². The Balaban J connectivity index is 1.63. The summed E-state index contributed by atoms with van der Waals surface area (Å²) in [6.45, 7) is 2.44. The molecule has 3 aromatic rings. The smallest absolute Gasteiger partial charge is 0.301 e. The lowest BCUT2D eigenvalue weighted by molar-refractivity contribution is -0.113. The average molecular weight is 411 g/mol. The van der Waals surface area contributed by atoms with Crippen molar-refractivity contribution in [2.24, 2.45) is 0 Å². The highest BCUT2D eigenvalue weighted by atomic mass is 32.2. The van der Waals surface area contributed by atoms with E-state index in [2.05, 4.69) is 20.5 Å². The van der Waals surface area contributed by atoms with Crippen LogP contribution in [-0.4, -0.2) is 31.4 Å². The Bertz CT molecular complexity index is 1010.